The summed E-state index contributed by atoms with van der Waals surface area (Å²) < 4.78 is 5.35. The molecular formula is C15H21NO3. The number of rotatable bonds is 5. The Morgan fingerprint density at radius 1 is 1.21 bits per heavy atom. The summed E-state index contributed by atoms with van der Waals surface area (Å²) in [4.78, 5) is 11.7. The molecule has 19 heavy (non-hydrogen) atoms. The molecular weight excluding hydrogens is 242 g/mol. The minimum Gasteiger partial charge on any atom is -0.484 e. The molecule has 1 amide bonds. The Hall–Kier alpha value is -1.55. The van der Waals surface area contributed by atoms with E-state index in [1.165, 1.54) is 6.42 Å². The zero-order valence-corrected chi connectivity index (χ0v) is 11.1. The van der Waals surface area contributed by atoms with Crippen LogP contribution in [0.15, 0.2) is 30.3 Å². The third-order valence-electron chi connectivity index (χ3n) is 3.51. The summed E-state index contributed by atoms with van der Waals surface area (Å²) >= 11 is 0. The second-order valence-corrected chi connectivity index (χ2v) is 5.16. The minimum atomic E-state index is -0.722. The van der Waals surface area contributed by atoms with E-state index in [2.05, 4.69) is 5.32 Å². The van der Waals surface area contributed by atoms with Crippen LogP contribution in [-0.2, 0) is 4.79 Å². The van der Waals surface area contributed by atoms with Crippen molar-refractivity contribution in [2.24, 2.45) is 0 Å². The molecule has 0 aliphatic heterocycles. The normalized spacial score (nSPS) is 17.7. The van der Waals surface area contributed by atoms with E-state index in [0.29, 0.717) is 12.3 Å². The molecule has 1 aliphatic rings. The van der Waals surface area contributed by atoms with E-state index in [1.54, 1.807) is 0 Å². The Morgan fingerprint density at radius 3 is 2.58 bits per heavy atom. The lowest BCUT2D eigenvalue weighted by Crippen LogP contribution is -2.45. The SMILES string of the molecule is O=C(COc1ccccc1)NCC1(O)CCCCC1. The van der Waals surface area contributed by atoms with Gasteiger partial charge < -0.3 is 15.2 Å². The summed E-state index contributed by atoms with van der Waals surface area (Å²) in [6.07, 6.45) is 4.78. The molecule has 4 heteroatoms. The van der Waals surface area contributed by atoms with E-state index in [4.69, 9.17) is 4.74 Å². The molecule has 1 saturated carbocycles. The fraction of sp³-hybridized carbons (Fsp3) is 0.533. The second kappa shape index (κ2) is 6.57. The zero-order chi connectivity index (χ0) is 13.6. The van der Waals surface area contributed by atoms with E-state index < -0.39 is 5.60 Å². The van der Waals surface area contributed by atoms with Crippen molar-refractivity contribution in [3.63, 3.8) is 0 Å². The first-order valence-electron chi connectivity index (χ1n) is 6.85. The van der Waals surface area contributed by atoms with Crippen LogP contribution in [0.1, 0.15) is 32.1 Å². The van der Waals surface area contributed by atoms with Crippen LogP contribution < -0.4 is 10.1 Å². The topological polar surface area (TPSA) is 58.6 Å². The first-order valence-corrected chi connectivity index (χ1v) is 6.85. The molecule has 1 aromatic rings. The van der Waals surface area contributed by atoms with Crippen LogP contribution in [0.25, 0.3) is 0 Å². The summed E-state index contributed by atoms with van der Waals surface area (Å²) in [5, 5.41) is 13.0. The molecule has 2 rings (SSSR count). The predicted molar refractivity (Wildman–Crippen MR) is 73.0 cm³/mol. The van der Waals surface area contributed by atoms with Gasteiger partial charge in [-0.25, -0.2) is 0 Å². The first-order chi connectivity index (χ1) is 9.18. The quantitative estimate of drug-likeness (QED) is 0.852. The van der Waals surface area contributed by atoms with Gasteiger partial charge in [-0.15, -0.1) is 0 Å². The molecule has 1 aromatic carbocycles. The lowest BCUT2D eigenvalue weighted by molar-refractivity contribution is -0.124. The molecule has 0 saturated heterocycles. The number of para-hydroxylation sites is 1. The van der Waals surface area contributed by atoms with Gasteiger partial charge in [-0.3, -0.25) is 4.79 Å². The third kappa shape index (κ3) is 4.56. The molecule has 104 valence electrons. The fourth-order valence-corrected chi connectivity index (χ4v) is 2.37. The smallest absolute Gasteiger partial charge is 0.258 e. The lowest BCUT2D eigenvalue weighted by atomic mass is 9.85. The molecule has 0 unspecified atom stereocenters. The molecule has 1 fully saturated rings. The van der Waals surface area contributed by atoms with Crippen molar-refractivity contribution in [2.45, 2.75) is 37.7 Å². The van der Waals surface area contributed by atoms with Crippen LogP contribution in [0.5, 0.6) is 5.75 Å². The Balaban J connectivity index is 1.70. The van der Waals surface area contributed by atoms with Gasteiger partial charge >= 0.3 is 0 Å². The maximum absolute atomic E-state index is 11.7. The molecule has 0 aromatic heterocycles. The van der Waals surface area contributed by atoms with Crippen LogP contribution in [0.4, 0.5) is 0 Å². The highest BCUT2D eigenvalue weighted by molar-refractivity contribution is 5.77. The summed E-state index contributed by atoms with van der Waals surface area (Å²) in [6.45, 7) is 0.310. The highest BCUT2D eigenvalue weighted by Crippen LogP contribution is 2.27. The first kappa shape index (κ1) is 13.9. The molecule has 1 aliphatic carbocycles. The molecule has 0 spiro atoms. The van der Waals surface area contributed by atoms with Gasteiger partial charge in [0.05, 0.1) is 5.60 Å². The van der Waals surface area contributed by atoms with Crippen LogP contribution in [0, 0.1) is 0 Å². The highest BCUT2D eigenvalue weighted by atomic mass is 16.5. The number of carbonyl (C=O) groups excluding carboxylic acids is 1. The van der Waals surface area contributed by atoms with Crippen molar-refractivity contribution in [1.29, 1.82) is 0 Å². The van der Waals surface area contributed by atoms with Gasteiger partial charge in [0.2, 0.25) is 0 Å². The van der Waals surface area contributed by atoms with Crippen molar-refractivity contribution in [3.8, 4) is 5.75 Å². The predicted octanol–water partition coefficient (Wildman–Crippen LogP) is 1.88. The summed E-state index contributed by atoms with van der Waals surface area (Å²) in [6, 6.07) is 9.23. The van der Waals surface area contributed by atoms with Crippen molar-refractivity contribution < 1.29 is 14.6 Å². The van der Waals surface area contributed by atoms with Crippen molar-refractivity contribution in [2.75, 3.05) is 13.2 Å². The number of hydrogen-bond acceptors (Lipinski definition) is 3. The maximum Gasteiger partial charge on any atom is 0.258 e. The number of carbonyl (C=O) groups is 1. The number of ether oxygens (including phenoxy) is 1. The van der Waals surface area contributed by atoms with E-state index in [0.717, 1.165) is 25.7 Å². The molecule has 0 radical (unpaired) electrons. The van der Waals surface area contributed by atoms with Crippen LogP contribution in [0.2, 0.25) is 0 Å². The average molecular weight is 263 g/mol. The van der Waals surface area contributed by atoms with Crippen LogP contribution in [-0.4, -0.2) is 29.8 Å². The minimum absolute atomic E-state index is 0.0138. The van der Waals surface area contributed by atoms with E-state index in [9.17, 15) is 9.90 Å². The largest absolute Gasteiger partial charge is 0.484 e. The van der Waals surface area contributed by atoms with Gasteiger partial charge in [0.1, 0.15) is 5.75 Å². The lowest BCUT2D eigenvalue weighted by Gasteiger charge is -2.32. The summed E-state index contributed by atoms with van der Waals surface area (Å²) in [5.74, 6) is 0.483. The molecule has 0 heterocycles. The Bertz CT molecular complexity index is 399. The van der Waals surface area contributed by atoms with Crippen LogP contribution >= 0.6 is 0 Å². The molecule has 0 bridgehead atoms. The average Bonchev–Trinajstić information content (AvgIpc) is 2.45. The van der Waals surface area contributed by atoms with Crippen molar-refractivity contribution >= 4 is 5.91 Å². The fourth-order valence-electron chi connectivity index (χ4n) is 2.37. The standard InChI is InChI=1S/C15H21NO3/c17-14(11-19-13-7-3-1-4-8-13)16-12-15(18)9-5-2-6-10-15/h1,3-4,7-8,18H,2,5-6,9-12H2,(H,16,17). The Morgan fingerprint density at radius 2 is 1.89 bits per heavy atom. The van der Waals surface area contributed by atoms with Crippen molar-refractivity contribution in [3.05, 3.63) is 30.3 Å². The van der Waals surface area contributed by atoms with Crippen LogP contribution in [0.3, 0.4) is 0 Å². The van der Waals surface area contributed by atoms with Gasteiger partial charge in [0.25, 0.3) is 5.91 Å². The summed E-state index contributed by atoms with van der Waals surface area (Å²) in [5.41, 5.74) is -0.722. The number of benzene rings is 1. The monoisotopic (exact) mass is 263 g/mol. The third-order valence-corrected chi connectivity index (χ3v) is 3.51. The molecule has 0 atom stereocenters. The van der Waals surface area contributed by atoms with Gasteiger partial charge in [-0.2, -0.15) is 0 Å². The van der Waals surface area contributed by atoms with Gasteiger partial charge in [-0.05, 0) is 25.0 Å². The molecule has 2 N–H and O–H groups in total. The van der Waals surface area contributed by atoms with Gasteiger partial charge in [-0.1, -0.05) is 37.5 Å². The van der Waals surface area contributed by atoms with Gasteiger partial charge in [0.15, 0.2) is 6.61 Å². The Kier molecular flexibility index (Phi) is 4.80. The number of nitrogens with one attached hydrogen (secondary N) is 1. The van der Waals surface area contributed by atoms with Crippen molar-refractivity contribution in [1.82, 2.24) is 5.32 Å². The highest BCUT2D eigenvalue weighted by Gasteiger charge is 2.29. The molecule has 4 nitrogen and oxygen atoms in total. The number of amides is 1. The number of hydrogen-bond donors (Lipinski definition) is 2. The number of aliphatic hydroxyl groups is 1. The van der Waals surface area contributed by atoms with Gasteiger partial charge in [0, 0.05) is 6.54 Å². The summed E-state index contributed by atoms with van der Waals surface area (Å²) in [7, 11) is 0. The zero-order valence-electron chi connectivity index (χ0n) is 11.1. The second-order valence-electron chi connectivity index (χ2n) is 5.16. The Labute approximate surface area is 113 Å². The van der Waals surface area contributed by atoms with E-state index in [1.807, 2.05) is 30.3 Å². The maximum atomic E-state index is 11.7. The van der Waals surface area contributed by atoms with E-state index >= 15 is 0 Å². The van der Waals surface area contributed by atoms with E-state index in [-0.39, 0.29) is 12.5 Å².